The summed E-state index contributed by atoms with van der Waals surface area (Å²) in [4.78, 5) is 15.5. The maximum absolute atomic E-state index is 12.3. The van der Waals surface area contributed by atoms with Gasteiger partial charge in [-0.25, -0.2) is 0 Å². The number of hydrogen-bond donors (Lipinski definition) is 2. The van der Waals surface area contributed by atoms with Crippen LogP contribution in [0.3, 0.4) is 0 Å². The van der Waals surface area contributed by atoms with Crippen molar-refractivity contribution in [3.63, 3.8) is 0 Å². The molecule has 0 radical (unpaired) electrons. The normalized spacial score (nSPS) is 10.6. The van der Waals surface area contributed by atoms with Crippen molar-refractivity contribution in [2.24, 2.45) is 0 Å². The molecular formula is C15H11IN2O. The molecule has 0 spiro atoms. The average Bonchev–Trinajstić information content (AvgIpc) is 2.89. The van der Waals surface area contributed by atoms with Gasteiger partial charge in [-0.1, -0.05) is 18.2 Å². The second kappa shape index (κ2) is 5.05. The molecule has 2 aromatic carbocycles. The van der Waals surface area contributed by atoms with Gasteiger partial charge < -0.3 is 10.3 Å². The first-order valence-electron chi connectivity index (χ1n) is 5.88. The van der Waals surface area contributed by atoms with Crippen LogP contribution in [0.5, 0.6) is 0 Å². The Balaban J connectivity index is 1.97. The summed E-state index contributed by atoms with van der Waals surface area (Å²) in [6.07, 6.45) is 1.84. The van der Waals surface area contributed by atoms with Crippen LogP contribution in [0.4, 0.5) is 5.69 Å². The third kappa shape index (κ3) is 2.35. The van der Waals surface area contributed by atoms with Crippen molar-refractivity contribution < 1.29 is 4.79 Å². The van der Waals surface area contributed by atoms with E-state index in [1.54, 1.807) is 0 Å². The van der Waals surface area contributed by atoms with E-state index in [4.69, 9.17) is 0 Å². The minimum absolute atomic E-state index is 0.0886. The highest BCUT2D eigenvalue weighted by molar-refractivity contribution is 14.1. The molecule has 0 aliphatic rings. The molecule has 0 unspecified atom stereocenters. The average molecular weight is 362 g/mol. The lowest BCUT2D eigenvalue weighted by Crippen LogP contribution is -2.12. The first kappa shape index (κ1) is 12.2. The van der Waals surface area contributed by atoms with Crippen LogP contribution in [0.25, 0.3) is 10.9 Å². The Labute approximate surface area is 124 Å². The van der Waals surface area contributed by atoms with E-state index in [0.717, 1.165) is 20.2 Å². The van der Waals surface area contributed by atoms with Crippen LogP contribution < -0.4 is 5.32 Å². The van der Waals surface area contributed by atoms with Crippen molar-refractivity contribution in [2.45, 2.75) is 0 Å². The molecule has 0 saturated heterocycles. The topological polar surface area (TPSA) is 44.9 Å². The van der Waals surface area contributed by atoms with Crippen LogP contribution in [-0.2, 0) is 0 Å². The van der Waals surface area contributed by atoms with Crippen LogP contribution in [0, 0.1) is 3.57 Å². The Morgan fingerprint density at radius 3 is 2.74 bits per heavy atom. The highest BCUT2D eigenvalue weighted by atomic mass is 127. The largest absolute Gasteiger partial charge is 0.361 e. The number of carbonyl (C=O) groups is 1. The van der Waals surface area contributed by atoms with Gasteiger partial charge >= 0.3 is 0 Å². The van der Waals surface area contributed by atoms with Gasteiger partial charge in [0.15, 0.2) is 0 Å². The summed E-state index contributed by atoms with van der Waals surface area (Å²) < 4.78 is 1.02. The monoisotopic (exact) mass is 362 g/mol. The van der Waals surface area contributed by atoms with E-state index in [0.29, 0.717) is 5.56 Å². The number of halogens is 1. The Hall–Kier alpha value is -1.82. The van der Waals surface area contributed by atoms with Crippen LogP contribution in [0.1, 0.15) is 10.4 Å². The van der Waals surface area contributed by atoms with Crippen molar-refractivity contribution in [2.75, 3.05) is 5.32 Å². The molecule has 19 heavy (non-hydrogen) atoms. The van der Waals surface area contributed by atoms with E-state index in [2.05, 4.69) is 32.9 Å². The number of aromatic amines is 1. The van der Waals surface area contributed by atoms with E-state index >= 15 is 0 Å². The predicted molar refractivity (Wildman–Crippen MR) is 85.4 cm³/mol. The first-order valence-corrected chi connectivity index (χ1v) is 6.95. The Morgan fingerprint density at radius 2 is 1.89 bits per heavy atom. The number of nitrogens with one attached hydrogen (secondary N) is 2. The Bertz CT molecular complexity index is 748. The second-order valence-electron chi connectivity index (χ2n) is 4.18. The third-order valence-corrected chi connectivity index (χ3v) is 3.90. The van der Waals surface area contributed by atoms with Gasteiger partial charge in [-0.15, -0.1) is 0 Å². The minimum atomic E-state index is -0.0886. The summed E-state index contributed by atoms with van der Waals surface area (Å²) in [6.45, 7) is 0. The fourth-order valence-electron chi connectivity index (χ4n) is 2.04. The fraction of sp³-hybridized carbons (Fsp3) is 0. The van der Waals surface area contributed by atoms with Crippen LogP contribution in [-0.4, -0.2) is 10.9 Å². The molecule has 1 heterocycles. The van der Waals surface area contributed by atoms with Gasteiger partial charge in [0, 0.05) is 26.2 Å². The summed E-state index contributed by atoms with van der Waals surface area (Å²) in [6, 6.07) is 15.3. The van der Waals surface area contributed by atoms with Gasteiger partial charge in [-0.3, -0.25) is 4.79 Å². The lowest BCUT2D eigenvalue weighted by Gasteiger charge is -2.08. The molecule has 0 aliphatic heterocycles. The number of rotatable bonds is 2. The molecule has 0 saturated carbocycles. The smallest absolute Gasteiger partial charge is 0.256 e. The summed E-state index contributed by atoms with van der Waals surface area (Å²) in [5.74, 6) is -0.0886. The number of anilines is 1. The second-order valence-corrected chi connectivity index (χ2v) is 5.34. The maximum atomic E-state index is 12.3. The van der Waals surface area contributed by atoms with Crippen LogP contribution >= 0.6 is 22.6 Å². The van der Waals surface area contributed by atoms with Crippen molar-refractivity contribution >= 4 is 45.1 Å². The SMILES string of the molecule is O=C(Nc1ccccc1I)c1cccc2[nH]ccc12. The number of aromatic nitrogens is 1. The van der Waals surface area contributed by atoms with Crippen molar-refractivity contribution in [3.05, 3.63) is 63.9 Å². The molecule has 3 nitrogen and oxygen atoms in total. The minimum Gasteiger partial charge on any atom is -0.361 e. The number of amides is 1. The van der Waals surface area contributed by atoms with E-state index in [1.807, 2.05) is 54.7 Å². The Morgan fingerprint density at radius 1 is 1.05 bits per heavy atom. The summed E-state index contributed by atoms with van der Waals surface area (Å²) >= 11 is 2.21. The zero-order valence-electron chi connectivity index (χ0n) is 9.98. The molecule has 4 heteroatoms. The Kier molecular flexibility index (Phi) is 3.25. The highest BCUT2D eigenvalue weighted by Crippen LogP contribution is 2.21. The molecule has 0 fully saturated rings. The van der Waals surface area contributed by atoms with Gasteiger partial charge in [0.25, 0.3) is 5.91 Å². The predicted octanol–water partition coefficient (Wildman–Crippen LogP) is 4.02. The van der Waals surface area contributed by atoms with Gasteiger partial charge in [0.05, 0.1) is 5.69 Å². The lowest BCUT2D eigenvalue weighted by atomic mass is 10.1. The number of carbonyl (C=O) groups excluding carboxylic acids is 1. The number of para-hydroxylation sites is 1. The van der Waals surface area contributed by atoms with Gasteiger partial charge in [-0.2, -0.15) is 0 Å². The van der Waals surface area contributed by atoms with E-state index in [9.17, 15) is 4.79 Å². The molecule has 3 aromatic rings. The quantitative estimate of drug-likeness (QED) is 0.665. The number of benzene rings is 2. The summed E-state index contributed by atoms with van der Waals surface area (Å²) in [5, 5.41) is 3.88. The molecule has 0 atom stereocenters. The van der Waals surface area contributed by atoms with Gasteiger partial charge in [-0.05, 0) is 52.9 Å². The molecule has 1 amide bonds. The number of fused-ring (bicyclic) bond motifs is 1. The molecule has 1 aromatic heterocycles. The van der Waals surface area contributed by atoms with E-state index in [1.165, 1.54) is 0 Å². The van der Waals surface area contributed by atoms with Crippen molar-refractivity contribution in [1.29, 1.82) is 0 Å². The van der Waals surface area contributed by atoms with Crippen LogP contribution in [0.2, 0.25) is 0 Å². The number of hydrogen-bond acceptors (Lipinski definition) is 1. The van der Waals surface area contributed by atoms with Gasteiger partial charge in [0.1, 0.15) is 0 Å². The third-order valence-electron chi connectivity index (χ3n) is 2.96. The molecule has 2 N–H and O–H groups in total. The molecule has 94 valence electrons. The zero-order valence-corrected chi connectivity index (χ0v) is 12.1. The molecule has 0 aliphatic carbocycles. The van der Waals surface area contributed by atoms with Crippen molar-refractivity contribution in [3.8, 4) is 0 Å². The van der Waals surface area contributed by atoms with Crippen molar-refractivity contribution in [1.82, 2.24) is 4.98 Å². The van der Waals surface area contributed by atoms with Gasteiger partial charge in [0.2, 0.25) is 0 Å². The standard InChI is InChI=1S/C15H11IN2O/c16-12-5-1-2-6-14(12)18-15(19)11-4-3-7-13-10(11)8-9-17-13/h1-9,17H,(H,18,19). The lowest BCUT2D eigenvalue weighted by molar-refractivity contribution is 0.102. The van der Waals surface area contributed by atoms with Crippen LogP contribution in [0.15, 0.2) is 54.7 Å². The van der Waals surface area contributed by atoms with E-state index in [-0.39, 0.29) is 5.91 Å². The molecular weight excluding hydrogens is 351 g/mol. The van der Waals surface area contributed by atoms with E-state index < -0.39 is 0 Å². The summed E-state index contributed by atoms with van der Waals surface area (Å²) in [5.41, 5.74) is 2.48. The summed E-state index contributed by atoms with van der Waals surface area (Å²) in [7, 11) is 0. The molecule has 0 bridgehead atoms. The number of H-pyrrole nitrogens is 1. The fourth-order valence-corrected chi connectivity index (χ4v) is 2.56. The molecule has 3 rings (SSSR count). The highest BCUT2D eigenvalue weighted by Gasteiger charge is 2.11. The zero-order chi connectivity index (χ0) is 13.2. The maximum Gasteiger partial charge on any atom is 0.256 e. The first-order chi connectivity index (χ1) is 9.25.